The second-order valence-electron chi connectivity index (χ2n) is 2.64. The Bertz CT molecular complexity index is 229. The van der Waals surface area contributed by atoms with Gasteiger partial charge in [0.25, 0.3) is 0 Å². The third-order valence-corrected chi connectivity index (χ3v) is 1.59. The molecule has 0 aliphatic heterocycles. The molecular weight excluding hydrogens is 144 g/mol. The molecule has 0 bridgehead atoms. The summed E-state index contributed by atoms with van der Waals surface area (Å²) in [7, 11) is 0. The summed E-state index contributed by atoms with van der Waals surface area (Å²) in [5.74, 6) is -0.900. The second kappa shape index (κ2) is 2.74. The molecule has 0 aromatic carbocycles. The van der Waals surface area contributed by atoms with Crippen LogP contribution in [0.15, 0.2) is 11.8 Å². The van der Waals surface area contributed by atoms with Gasteiger partial charge in [0.05, 0.1) is 0 Å². The van der Waals surface area contributed by atoms with Gasteiger partial charge in [0.15, 0.2) is 0 Å². The van der Waals surface area contributed by atoms with Crippen LogP contribution in [0.1, 0.15) is 12.8 Å². The summed E-state index contributed by atoms with van der Waals surface area (Å²) in [5, 5.41) is 15.2. The summed E-state index contributed by atoms with van der Waals surface area (Å²) in [4.78, 5) is 10.2. The highest BCUT2D eigenvalue weighted by Gasteiger charge is 2.24. The maximum Gasteiger partial charge on any atom is 0.353 e. The monoisotopic (exact) mass is 154 g/mol. The van der Waals surface area contributed by atoms with Crippen LogP contribution in [-0.4, -0.2) is 16.8 Å². The van der Waals surface area contributed by atoms with Crippen LogP contribution in [0.3, 0.4) is 0 Å². The van der Waals surface area contributed by atoms with Crippen LogP contribution in [0.4, 0.5) is 0 Å². The highest BCUT2D eigenvalue weighted by Crippen LogP contribution is 2.33. The summed E-state index contributed by atoms with van der Waals surface area (Å²) in [6.45, 7) is 0. The minimum Gasteiger partial charge on any atom is -0.477 e. The van der Waals surface area contributed by atoms with Gasteiger partial charge < -0.3 is 10.8 Å². The van der Waals surface area contributed by atoms with Gasteiger partial charge in [-0.15, -0.1) is 0 Å². The quantitative estimate of drug-likeness (QED) is 0.512. The van der Waals surface area contributed by atoms with E-state index in [1.165, 1.54) is 6.08 Å². The van der Waals surface area contributed by atoms with Crippen molar-refractivity contribution in [3.05, 3.63) is 11.8 Å². The van der Waals surface area contributed by atoms with Gasteiger partial charge in [-0.05, 0) is 24.8 Å². The Kier molecular flexibility index (Phi) is 1.94. The predicted octanol–water partition coefficient (Wildman–Crippen LogP) is 0.343. The number of carbonyl (C=O) groups is 1. The van der Waals surface area contributed by atoms with Crippen LogP contribution >= 0.6 is 0 Å². The van der Waals surface area contributed by atoms with Gasteiger partial charge >= 0.3 is 5.97 Å². The number of allylic oxidation sites excluding steroid dienone is 1. The van der Waals surface area contributed by atoms with Crippen LogP contribution in [0.25, 0.3) is 0 Å². The van der Waals surface area contributed by atoms with E-state index in [2.05, 4.69) is 0 Å². The summed E-state index contributed by atoms with van der Waals surface area (Å²) in [6, 6.07) is 0. The molecule has 11 heavy (non-hydrogen) atoms. The molecule has 0 unspecified atom stereocenters. The molecule has 1 rings (SSSR count). The van der Waals surface area contributed by atoms with Gasteiger partial charge in [0, 0.05) is 5.70 Å². The SMILES string of the molecule is N=C(C=C(N)C1CC1)C(=O)O. The standard InChI is InChI=1S/C7H10N2O2/c8-5(4-1-2-4)3-6(9)7(10)11/h3-4,9H,1-2,8H2,(H,10,11). The van der Waals surface area contributed by atoms with Crippen molar-refractivity contribution < 1.29 is 9.90 Å². The minimum atomic E-state index is -1.23. The van der Waals surface area contributed by atoms with Gasteiger partial charge in [0.1, 0.15) is 5.71 Å². The van der Waals surface area contributed by atoms with Crippen molar-refractivity contribution in [2.75, 3.05) is 0 Å². The molecule has 0 aromatic heterocycles. The third-order valence-electron chi connectivity index (χ3n) is 1.59. The summed E-state index contributed by atoms with van der Waals surface area (Å²) in [6.07, 6.45) is 3.27. The molecule has 1 aliphatic carbocycles. The molecule has 1 aliphatic rings. The van der Waals surface area contributed by atoms with Gasteiger partial charge in [-0.1, -0.05) is 0 Å². The highest BCUT2D eigenvalue weighted by molar-refractivity contribution is 6.39. The molecule has 4 nitrogen and oxygen atoms in total. The number of aliphatic carboxylic acids is 1. The molecule has 1 fully saturated rings. The Morgan fingerprint density at radius 1 is 1.64 bits per heavy atom. The zero-order chi connectivity index (χ0) is 8.43. The average Bonchev–Trinajstić information content (AvgIpc) is 2.67. The first kappa shape index (κ1) is 7.78. The second-order valence-corrected chi connectivity index (χ2v) is 2.64. The van der Waals surface area contributed by atoms with Crippen LogP contribution in [-0.2, 0) is 4.79 Å². The van der Waals surface area contributed by atoms with Gasteiger partial charge in [-0.2, -0.15) is 0 Å². The lowest BCUT2D eigenvalue weighted by Crippen LogP contribution is -2.11. The van der Waals surface area contributed by atoms with Crippen molar-refractivity contribution >= 4 is 11.7 Å². The molecule has 0 amide bonds. The van der Waals surface area contributed by atoms with E-state index in [1.54, 1.807) is 0 Å². The Morgan fingerprint density at radius 2 is 2.18 bits per heavy atom. The Labute approximate surface area is 64.2 Å². The van der Waals surface area contributed by atoms with E-state index in [-0.39, 0.29) is 0 Å². The maximum atomic E-state index is 10.2. The largest absolute Gasteiger partial charge is 0.477 e. The first-order valence-electron chi connectivity index (χ1n) is 3.40. The van der Waals surface area contributed by atoms with E-state index in [0.717, 1.165) is 12.8 Å². The summed E-state index contributed by atoms with van der Waals surface area (Å²) in [5.41, 5.74) is 5.56. The normalized spacial score (nSPS) is 18.0. The maximum absolute atomic E-state index is 10.2. The predicted molar refractivity (Wildman–Crippen MR) is 40.4 cm³/mol. The molecule has 0 radical (unpaired) electrons. The van der Waals surface area contributed by atoms with Crippen molar-refractivity contribution in [1.82, 2.24) is 0 Å². The summed E-state index contributed by atoms with van der Waals surface area (Å²) < 4.78 is 0. The smallest absolute Gasteiger partial charge is 0.353 e. The fourth-order valence-electron chi connectivity index (χ4n) is 0.763. The van der Waals surface area contributed by atoms with Crippen LogP contribution in [0.5, 0.6) is 0 Å². The summed E-state index contributed by atoms with van der Waals surface area (Å²) >= 11 is 0. The van der Waals surface area contributed by atoms with E-state index in [9.17, 15) is 4.79 Å². The van der Waals surface area contributed by atoms with Crippen LogP contribution < -0.4 is 5.73 Å². The van der Waals surface area contributed by atoms with Crippen molar-refractivity contribution in [3.63, 3.8) is 0 Å². The van der Waals surface area contributed by atoms with Gasteiger partial charge in [-0.3, -0.25) is 5.41 Å². The lowest BCUT2D eigenvalue weighted by molar-refractivity contribution is -0.129. The van der Waals surface area contributed by atoms with Crippen molar-refractivity contribution in [1.29, 1.82) is 5.41 Å². The molecule has 60 valence electrons. The molecule has 0 saturated heterocycles. The van der Waals surface area contributed by atoms with Crippen LogP contribution in [0.2, 0.25) is 0 Å². The topological polar surface area (TPSA) is 87.2 Å². The molecule has 0 aromatic rings. The van der Waals surface area contributed by atoms with Crippen molar-refractivity contribution in [2.24, 2.45) is 11.7 Å². The first-order chi connectivity index (χ1) is 5.11. The van der Waals surface area contributed by atoms with Gasteiger partial charge in [0.2, 0.25) is 0 Å². The fraction of sp³-hybridized carbons (Fsp3) is 0.429. The van der Waals surface area contributed by atoms with E-state index in [4.69, 9.17) is 16.2 Å². The van der Waals surface area contributed by atoms with Crippen molar-refractivity contribution in [2.45, 2.75) is 12.8 Å². The number of carboxylic acids is 1. The zero-order valence-electron chi connectivity index (χ0n) is 6.00. The fourth-order valence-corrected chi connectivity index (χ4v) is 0.763. The number of nitrogens with two attached hydrogens (primary N) is 1. The first-order valence-corrected chi connectivity index (χ1v) is 3.40. The lowest BCUT2D eigenvalue weighted by atomic mass is 10.2. The molecule has 4 heteroatoms. The zero-order valence-corrected chi connectivity index (χ0v) is 6.00. The highest BCUT2D eigenvalue weighted by atomic mass is 16.4. The van der Waals surface area contributed by atoms with E-state index in [0.29, 0.717) is 11.6 Å². The molecule has 0 heterocycles. The molecular formula is C7H10N2O2. The van der Waals surface area contributed by atoms with Gasteiger partial charge in [-0.25, -0.2) is 4.79 Å². The molecule has 0 spiro atoms. The number of rotatable bonds is 3. The van der Waals surface area contributed by atoms with Crippen LogP contribution in [0, 0.1) is 11.3 Å². The Balaban J connectivity index is 2.55. The molecule has 0 atom stereocenters. The van der Waals surface area contributed by atoms with E-state index in [1.807, 2.05) is 0 Å². The van der Waals surface area contributed by atoms with Crippen molar-refractivity contribution in [3.8, 4) is 0 Å². The average molecular weight is 154 g/mol. The molecule has 4 N–H and O–H groups in total. The number of nitrogens with one attached hydrogen (secondary N) is 1. The Morgan fingerprint density at radius 3 is 2.55 bits per heavy atom. The third kappa shape index (κ3) is 2.07. The lowest BCUT2D eigenvalue weighted by Gasteiger charge is -1.95. The van der Waals surface area contributed by atoms with E-state index < -0.39 is 11.7 Å². The Hall–Kier alpha value is -1.32. The minimum absolute atomic E-state index is 0.328. The number of hydrogen-bond acceptors (Lipinski definition) is 3. The number of carboxylic acid groups (broad SMARTS) is 1. The number of hydrogen-bond donors (Lipinski definition) is 3. The van der Waals surface area contributed by atoms with E-state index >= 15 is 0 Å². The molecule has 1 saturated carbocycles.